The number of aromatic nitrogens is 2. The second-order valence-electron chi connectivity index (χ2n) is 7.63. The van der Waals surface area contributed by atoms with Crippen LogP contribution in [-0.4, -0.2) is 29.1 Å². The Hall–Kier alpha value is -1.92. The van der Waals surface area contributed by atoms with Gasteiger partial charge in [-0.15, -0.1) is 12.4 Å². The predicted molar refractivity (Wildman–Crippen MR) is 105 cm³/mol. The van der Waals surface area contributed by atoms with E-state index in [0.717, 1.165) is 37.9 Å². The van der Waals surface area contributed by atoms with Crippen LogP contribution in [0.2, 0.25) is 0 Å². The SMILES string of the molecule is CC(NC(=O)[C@@]12CCCC[C@H]1CNC2)c1noc(Cc2ccccc2)n1.Cl. The Bertz CT molecular complexity index is 766. The van der Waals surface area contributed by atoms with Gasteiger partial charge in [-0.25, -0.2) is 0 Å². The van der Waals surface area contributed by atoms with E-state index in [0.29, 0.717) is 24.1 Å². The van der Waals surface area contributed by atoms with Crippen LogP contribution in [0, 0.1) is 11.3 Å². The molecule has 2 aromatic rings. The number of rotatable bonds is 5. The molecule has 1 aromatic carbocycles. The molecule has 2 heterocycles. The monoisotopic (exact) mass is 390 g/mol. The Morgan fingerprint density at radius 1 is 1.37 bits per heavy atom. The van der Waals surface area contributed by atoms with Gasteiger partial charge in [-0.2, -0.15) is 4.98 Å². The van der Waals surface area contributed by atoms with Crippen molar-refractivity contribution in [3.8, 4) is 0 Å². The number of nitrogens with one attached hydrogen (secondary N) is 2. The highest BCUT2D eigenvalue weighted by atomic mass is 35.5. The smallest absolute Gasteiger partial charge is 0.231 e. The summed E-state index contributed by atoms with van der Waals surface area (Å²) in [6.07, 6.45) is 5.06. The third-order valence-corrected chi connectivity index (χ3v) is 5.91. The van der Waals surface area contributed by atoms with Crippen molar-refractivity contribution < 1.29 is 9.32 Å². The van der Waals surface area contributed by atoms with Crippen LogP contribution in [0.3, 0.4) is 0 Å². The van der Waals surface area contributed by atoms with Gasteiger partial charge in [0.25, 0.3) is 0 Å². The summed E-state index contributed by atoms with van der Waals surface area (Å²) in [7, 11) is 0. The largest absolute Gasteiger partial charge is 0.346 e. The quantitative estimate of drug-likeness (QED) is 0.820. The Labute approximate surface area is 165 Å². The maximum atomic E-state index is 13.0. The lowest BCUT2D eigenvalue weighted by atomic mass is 9.67. The molecule has 1 amide bonds. The fourth-order valence-corrected chi connectivity index (χ4v) is 4.38. The lowest BCUT2D eigenvalue weighted by molar-refractivity contribution is -0.134. The first-order valence-electron chi connectivity index (χ1n) is 9.55. The van der Waals surface area contributed by atoms with Gasteiger partial charge in [-0.3, -0.25) is 4.79 Å². The van der Waals surface area contributed by atoms with Crippen molar-refractivity contribution in [3.63, 3.8) is 0 Å². The highest BCUT2D eigenvalue weighted by Gasteiger charge is 2.50. The minimum Gasteiger partial charge on any atom is -0.346 e. The molecule has 0 bridgehead atoms. The fraction of sp³-hybridized carbons (Fsp3) is 0.550. The van der Waals surface area contributed by atoms with Crippen LogP contribution < -0.4 is 10.6 Å². The molecule has 6 nitrogen and oxygen atoms in total. The Balaban J connectivity index is 0.00000210. The number of amides is 1. The van der Waals surface area contributed by atoms with E-state index in [9.17, 15) is 4.79 Å². The third kappa shape index (κ3) is 4.01. The number of fused-ring (bicyclic) bond motifs is 1. The topological polar surface area (TPSA) is 80.0 Å². The first-order valence-corrected chi connectivity index (χ1v) is 9.55. The van der Waals surface area contributed by atoms with E-state index >= 15 is 0 Å². The number of hydrogen-bond donors (Lipinski definition) is 2. The van der Waals surface area contributed by atoms with E-state index in [1.807, 2.05) is 37.3 Å². The van der Waals surface area contributed by atoms with Crippen molar-refractivity contribution in [1.82, 2.24) is 20.8 Å². The molecule has 4 rings (SSSR count). The minimum atomic E-state index is -0.261. The second kappa shape index (κ2) is 8.40. The van der Waals surface area contributed by atoms with Crippen molar-refractivity contribution in [2.24, 2.45) is 11.3 Å². The van der Waals surface area contributed by atoms with Gasteiger partial charge in [0, 0.05) is 6.54 Å². The molecule has 1 aliphatic carbocycles. The van der Waals surface area contributed by atoms with Crippen molar-refractivity contribution >= 4 is 18.3 Å². The zero-order chi connectivity index (χ0) is 18.0. The van der Waals surface area contributed by atoms with Gasteiger partial charge in [0.05, 0.1) is 17.9 Å². The predicted octanol–water partition coefficient (Wildman–Crippen LogP) is 3.04. The number of benzene rings is 1. The molecule has 146 valence electrons. The third-order valence-electron chi connectivity index (χ3n) is 5.91. The number of halogens is 1. The molecule has 1 saturated carbocycles. The highest BCUT2D eigenvalue weighted by Crippen LogP contribution is 2.44. The fourth-order valence-electron chi connectivity index (χ4n) is 4.38. The molecule has 3 atom stereocenters. The van der Waals surface area contributed by atoms with Crippen LogP contribution in [0.4, 0.5) is 0 Å². The summed E-state index contributed by atoms with van der Waals surface area (Å²) in [6.45, 7) is 3.65. The van der Waals surface area contributed by atoms with Gasteiger partial charge in [0.2, 0.25) is 11.8 Å². The maximum absolute atomic E-state index is 13.0. The molecule has 1 unspecified atom stereocenters. The van der Waals surface area contributed by atoms with Crippen molar-refractivity contribution in [2.45, 2.75) is 45.1 Å². The zero-order valence-electron chi connectivity index (χ0n) is 15.6. The molecule has 0 radical (unpaired) electrons. The number of hydrogen-bond acceptors (Lipinski definition) is 5. The normalized spacial score (nSPS) is 25.3. The molecule has 1 aliphatic heterocycles. The highest BCUT2D eigenvalue weighted by molar-refractivity contribution is 5.85. The van der Waals surface area contributed by atoms with Crippen LogP contribution in [-0.2, 0) is 11.2 Å². The van der Waals surface area contributed by atoms with Gasteiger partial charge in [0.1, 0.15) is 0 Å². The van der Waals surface area contributed by atoms with Crippen LogP contribution in [0.15, 0.2) is 34.9 Å². The number of carbonyl (C=O) groups is 1. The van der Waals surface area contributed by atoms with Gasteiger partial charge < -0.3 is 15.2 Å². The first kappa shape index (κ1) is 19.8. The minimum absolute atomic E-state index is 0. The molecule has 1 aromatic heterocycles. The average Bonchev–Trinajstić information content (AvgIpc) is 3.30. The molecule has 0 spiro atoms. The average molecular weight is 391 g/mol. The molecule has 1 saturated heterocycles. The summed E-state index contributed by atoms with van der Waals surface area (Å²) in [5.41, 5.74) is 0.865. The molecule has 2 fully saturated rings. The first-order chi connectivity index (χ1) is 12.7. The summed E-state index contributed by atoms with van der Waals surface area (Å²) in [5, 5.41) is 10.6. The van der Waals surface area contributed by atoms with Crippen molar-refractivity contribution in [2.75, 3.05) is 13.1 Å². The van der Waals surface area contributed by atoms with Crippen LogP contribution in [0.1, 0.15) is 55.9 Å². The second-order valence-corrected chi connectivity index (χ2v) is 7.63. The van der Waals surface area contributed by atoms with Crippen molar-refractivity contribution in [3.05, 3.63) is 47.6 Å². The maximum Gasteiger partial charge on any atom is 0.231 e. The summed E-state index contributed by atoms with van der Waals surface area (Å²) in [4.78, 5) is 17.5. The van der Waals surface area contributed by atoms with Crippen LogP contribution in [0.5, 0.6) is 0 Å². The van der Waals surface area contributed by atoms with E-state index in [4.69, 9.17) is 4.52 Å². The summed E-state index contributed by atoms with van der Waals surface area (Å²) >= 11 is 0. The van der Waals surface area contributed by atoms with E-state index in [1.54, 1.807) is 0 Å². The molecular formula is C20H27ClN4O2. The number of carbonyl (C=O) groups excluding carboxylic acids is 1. The van der Waals surface area contributed by atoms with Crippen LogP contribution in [0.25, 0.3) is 0 Å². The summed E-state index contributed by atoms with van der Waals surface area (Å²) in [6, 6.07) is 9.77. The van der Waals surface area contributed by atoms with E-state index in [2.05, 4.69) is 20.8 Å². The van der Waals surface area contributed by atoms with E-state index in [-0.39, 0.29) is 29.8 Å². The van der Waals surface area contributed by atoms with Gasteiger partial charge in [0.15, 0.2) is 5.82 Å². The van der Waals surface area contributed by atoms with Crippen LogP contribution >= 0.6 is 12.4 Å². The summed E-state index contributed by atoms with van der Waals surface area (Å²) < 4.78 is 5.38. The van der Waals surface area contributed by atoms with Gasteiger partial charge in [-0.05, 0) is 37.8 Å². The Morgan fingerprint density at radius 3 is 3.00 bits per heavy atom. The molecular weight excluding hydrogens is 364 g/mol. The zero-order valence-corrected chi connectivity index (χ0v) is 16.4. The summed E-state index contributed by atoms with van der Waals surface area (Å²) in [5.74, 6) is 1.69. The lowest BCUT2D eigenvalue weighted by Gasteiger charge is -2.37. The van der Waals surface area contributed by atoms with Crippen molar-refractivity contribution in [1.29, 1.82) is 0 Å². The van der Waals surface area contributed by atoms with Gasteiger partial charge in [-0.1, -0.05) is 48.3 Å². The molecule has 7 heteroatoms. The molecule has 2 N–H and O–H groups in total. The molecule has 2 aliphatic rings. The number of nitrogens with zero attached hydrogens (tertiary/aromatic N) is 2. The van der Waals surface area contributed by atoms with E-state index in [1.165, 1.54) is 6.42 Å². The lowest BCUT2D eigenvalue weighted by Crippen LogP contribution is -2.48. The molecule has 27 heavy (non-hydrogen) atoms. The Morgan fingerprint density at radius 2 is 2.19 bits per heavy atom. The van der Waals surface area contributed by atoms with Gasteiger partial charge >= 0.3 is 0 Å². The van der Waals surface area contributed by atoms with E-state index < -0.39 is 0 Å². The Kier molecular flexibility index (Phi) is 6.17. The standard InChI is InChI=1S/C20H26N4O2.ClH/c1-14(18-23-17(26-24-18)11-15-7-3-2-4-8-15)22-19(25)20-10-6-5-9-16(20)12-21-13-20;/h2-4,7-8,14,16,21H,5-6,9-13H2,1H3,(H,22,25);1H/t14?,16-,20+;/m0./s1.